The molecule has 1 saturated heterocycles. The molecular weight excluding hydrogens is 509 g/mol. The van der Waals surface area contributed by atoms with Crippen LogP contribution in [-0.4, -0.2) is 66.4 Å². The highest BCUT2D eigenvalue weighted by Gasteiger charge is 2.38. The van der Waals surface area contributed by atoms with Gasteiger partial charge in [-0.1, -0.05) is 6.92 Å². The minimum Gasteiger partial charge on any atom is -0.474 e. The molecular formula is C27H30F3N8O. The van der Waals surface area contributed by atoms with Crippen LogP contribution in [0.2, 0.25) is 0 Å². The quantitative estimate of drug-likeness (QED) is 0.342. The van der Waals surface area contributed by atoms with Gasteiger partial charge in [0.15, 0.2) is 0 Å². The van der Waals surface area contributed by atoms with Crippen LogP contribution in [0.25, 0.3) is 22.3 Å². The molecule has 1 saturated carbocycles. The summed E-state index contributed by atoms with van der Waals surface area (Å²) in [5.41, 5.74) is 2.20. The van der Waals surface area contributed by atoms with Crippen molar-refractivity contribution in [3.63, 3.8) is 0 Å². The number of H-pyrrole nitrogens is 1. The molecule has 1 aliphatic heterocycles. The van der Waals surface area contributed by atoms with E-state index in [9.17, 15) is 13.2 Å². The van der Waals surface area contributed by atoms with Crippen LogP contribution in [0, 0.1) is 6.04 Å². The topological polar surface area (TPSA) is 96.8 Å². The van der Waals surface area contributed by atoms with Crippen molar-refractivity contribution in [1.29, 1.82) is 0 Å². The number of rotatable bonds is 8. The number of hydrogen-bond acceptors (Lipinski definition) is 7. The van der Waals surface area contributed by atoms with Crippen LogP contribution in [-0.2, 0) is 12.7 Å². The Bertz CT molecular complexity index is 1420. The van der Waals surface area contributed by atoms with Crippen molar-refractivity contribution in [2.75, 3.05) is 19.6 Å². The van der Waals surface area contributed by atoms with Crippen molar-refractivity contribution >= 4 is 11.0 Å². The zero-order valence-corrected chi connectivity index (χ0v) is 21.6. The summed E-state index contributed by atoms with van der Waals surface area (Å²) in [7, 11) is 0. The van der Waals surface area contributed by atoms with Crippen molar-refractivity contribution in [3.05, 3.63) is 60.4 Å². The van der Waals surface area contributed by atoms with Crippen molar-refractivity contribution in [3.8, 4) is 17.1 Å². The summed E-state index contributed by atoms with van der Waals surface area (Å²) in [6, 6.07) is 6.30. The van der Waals surface area contributed by atoms with E-state index >= 15 is 0 Å². The van der Waals surface area contributed by atoms with Crippen LogP contribution < -0.4 is 10.1 Å². The van der Waals surface area contributed by atoms with Gasteiger partial charge in [-0.05, 0) is 49.9 Å². The molecule has 0 aromatic carbocycles. The van der Waals surface area contributed by atoms with E-state index in [0.29, 0.717) is 24.7 Å². The van der Waals surface area contributed by atoms with Gasteiger partial charge in [0.2, 0.25) is 5.88 Å². The Morgan fingerprint density at radius 2 is 1.95 bits per heavy atom. The molecule has 0 atom stereocenters. The number of halogens is 3. The van der Waals surface area contributed by atoms with Gasteiger partial charge in [0.05, 0.1) is 11.9 Å². The number of nitrogens with one attached hydrogen (secondary N) is 2. The second-order valence-corrected chi connectivity index (χ2v) is 10.1. The highest BCUT2D eigenvalue weighted by molar-refractivity contribution is 5.90. The third-order valence-electron chi connectivity index (χ3n) is 7.48. The molecule has 4 aromatic rings. The fraction of sp³-hybridized carbons (Fsp3) is 0.444. The van der Waals surface area contributed by atoms with Gasteiger partial charge < -0.3 is 15.0 Å². The molecule has 0 bridgehead atoms. The van der Waals surface area contributed by atoms with Crippen LogP contribution in [0.15, 0.2) is 43.1 Å². The smallest absolute Gasteiger partial charge is 0.433 e. The van der Waals surface area contributed by atoms with Crippen LogP contribution >= 0.6 is 0 Å². The summed E-state index contributed by atoms with van der Waals surface area (Å²) >= 11 is 0. The molecule has 12 heteroatoms. The predicted octanol–water partition coefficient (Wildman–Crippen LogP) is 4.43. The van der Waals surface area contributed by atoms with Crippen LogP contribution in [0.4, 0.5) is 13.2 Å². The largest absolute Gasteiger partial charge is 0.474 e. The maximum Gasteiger partial charge on any atom is 0.433 e. The Kier molecular flexibility index (Phi) is 6.98. The third kappa shape index (κ3) is 5.48. The molecule has 1 radical (unpaired) electrons. The fourth-order valence-corrected chi connectivity index (χ4v) is 5.38. The van der Waals surface area contributed by atoms with E-state index in [-0.39, 0.29) is 12.0 Å². The molecule has 205 valence electrons. The van der Waals surface area contributed by atoms with E-state index in [1.54, 1.807) is 12.4 Å². The van der Waals surface area contributed by atoms with E-state index in [0.717, 1.165) is 67.1 Å². The lowest BCUT2D eigenvalue weighted by atomic mass is 9.89. The van der Waals surface area contributed by atoms with Gasteiger partial charge in [0, 0.05) is 55.1 Å². The van der Waals surface area contributed by atoms with Gasteiger partial charge in [0.1, 0.15) is 29.8 Å². The average Bonchev–Trinajstić information content (AvgIpc) is 3.57. The maximum absolute atomic E-state index is 13.4. The number of aromatic amines is 1. The Balaban J connectivity index is 1.02. The first-order chi connectivity index (χ1) is 18.9. The Morgan fingerprint density at radius 3 is 2.72 bits per heavy atom. The summed E-state index contributed by atoms with van der Waals surface area (Å²) in [6.07, 6.45) is 6.02. The summed E-state index contributed by atoms with van der Waals surface area (Å²) in [6.45, 7) is 4.59. The predicted molar refractivity (Wildman–Crippen MR) is 139 cm³/mol. The maximum atomic E-state index is 13.4. The molecule has 0 amide bonds. The molecule has 6 rings (SSSR count). The fourth-order valence-electron chi connectivity index (χ4n) is 5.38. The zero-order valence-electron chi connectivity index (χ0n) is 21.6. The number of nitrogens with zero attached hydrogens (tertiary/aromatic N) is 6. The number of pyridine rings is 1. The van der Waals surface area contributed by atoms with Gasteiger partial charge in [-0.25, -0.2) is 15.0 Å². The van der Waals surface area contributed by atoms with Crippen LogP contribution in [0.5, 0.6) is 5.88 Å². The lowest BCUT2D eigenvalue weighted by Gasteiger charge is -2.45. The first kappa shape index (κ1) is 25.8. The van der Waals surface area contributed by atoms with E-state index in [1.165, 1.54) is 6.04 Å². The minimum absolute atomic E-state index is 0.0517. The highest BCUT2D eigenvalue weighted by Crippen LogP contribution is 2.34. The standard InChI is InChI=1S/C27H30F3N8O/c1-2-31-11-17-9-23(27(28,29)30)36-24(10-17)39-21-5-3-19(4-6-21)37-14-20(15-37)38-13-18(12-35-38)25-22-7-8-32-26(22)34-16-33-25/h7-10,12-13,16,19,21,31H,2-6,11,14-15H2,1H3,(H,32,33,34)/t19-,21+. The number of fused-ring (bicyclic) bond motifs is 1. The summed E-state index contributed by atoms with van der Waals surface area (Å²) in [4.78, 5) is 18.0. The molecule has 0 spiro atoms. The van der Waals surface area contributed by atoms with Crippen molar-refractivity contribution < 1.29 is 17.9 Å². The third-order valence-corrected chi connectivity index (χ3v) is 7.48. The number of ether oxygens (including phenoxy) is 1. The second-order valence-electron chi connectivity index (χ2n) is 10.1. The average molecular weight is 540 g/mol. The van der Waals surface area contributed by atoms with Crippen LogP contribution in [0.3, 0.4) is 0 Å². The lowest BCUT2D eigenvalue weighted by Crippen LogP contribution is -2.54. The van der Waals surface area contributed by atoms with E-state index in [4.69, 9.17) is 4.74 Å². The Hall–Kier alpha value is -3.51. The zero-order chi connectivity index (χ0) is 27.0. The van der Waals surface area contributed by atoms with Crippen LogP contribution in [0.1, 0.15) is 43.9 Å². The molecule has 2 fully saturated rings. The van der Waals surface area contributed by atoms with Crippen molar-refractivity contribution in [2.45, 2.75) is 57.5 Å². The number of alkyl halides is 3. The Labute approximate surface area is 223 Å². The number of hydrogen-bond donors (Lipinski definition) is 2. The minimum atomic E-state index is -4.51. The summed E-state index contributed by atoms with van der Waals surface area (Å²) < 4.78 is 48.0. The molecule has 2 aliphatic rings. The molecule has 9 nitrogen and oxygen atoms in total. The van der Waals surface area contributed by atoms with E-state index < -0.39 is 11.9 Å². The Morgan fingerprint density at radius 1 is 1.13 bits per heavy atom. The molecule has 5 heterocycles. The van der Waals surface area contributed by atoms with Crippen molar-refractivity contribution in [2.24, 2.45) is 0 Å². The SMILES string of the molecule is CCNCc1cc(O[C@H]2CC[C@@H](N3C[C](n4cc(-c5ncnc6[nH]ccc56)cn4)C3)CC2)nc(C(F)(F)F)c1. The second kappa shape index (κ2) is 10.6. The van der Waals surface area contributed by atoms with Crippen molar-refractivity contribution in [1.82, 2.24) is 39.9 Å². The van der Waals surface area contributed by atoms with Gasteiger partial charge in [-0.3, -0.25) is 9.58 Å². The molecule has 39 heavy (non-hydrogen) atoms. The van der Waals surface area contributed by atoms with Gasteiger partial charge in [-0.15, -0.1) is 0 Å². The monoisotopic (exact) mass is 539 g/mol. The first-order valence-electron chi connectivity index (χ1n) is 13.2. The molecule has 0 unspecified atom stereocenters. The normalized spacial score (nSPS) is 20.8. The van der Waals surface area contributed by atoms with E-state index in [1.807, 2.05) is 36.3 Å². The number of aromatic nitrogens is 6. The van der Waals surface area contributed by atoms with E-state index in [2.05, 4.69) is 35.3 Å². The van der Waals surface area contributed by atoms with Gasteiger partial charge >= 0.3 is 6.18 Å². The number of likely N-dealkylation sites (tertiary alicyclic amines) is 1. The summed E-state index contributed by atoms with van der Waals surface area (Å²) in [5, 5.41) is 8.59. The summed E-state index contributed by atoms with van der Waals surface area (Å²) in [5.74, 6) is 0.0517. The lowest BCUT2D eigenvalue weighted by molar-refractivity contribution is -0.141. The molecule has 2 N–H and O–H groups in total. The molecule has 1 aliphatic carbocycles. The van der Waals surface area contributed by atoms with Gasteiger partial charge in [-0.2, -0.15) is 18.3 Å². The first-order valence-corrected chi connectivity index (χ1v) is 13.2. The van der Waals surface area contributed by atoms with Gasteiger partial charge in [0.25, 0.3) is 0 Å². The molecule has 4 aromatic heterocycles. The highest BCUT2D eigenvalue weighted by atomic mass is 19.4.